The van der Waals surface area contributed by atoms with Crippen molar-refractivity contribution in [3.8, 4) is 0 Å². The molecule has 4 N–H and O–H groups in total. The maximum atomic E-state index is 11.8. The van der Waals surface area contributed by atoms with Crippen LogP contribution in [0.2, 0.25) is 0 Å². The number of carbonyl (C=O) groups is 1. The lowest BCUT2D eigenvalue weighted by Crippen LogP contribution is -2.29. The molecule has 0 fully saturated rings. The van der Waals surface area contributed by atoms with E-state index in [0.29, 0.717) is 6.42 Å². The molecule has 0 rings (SSSR count). The van der Waals surface area contributed by atoms with Gasteiger partial charge >= 0.3 is 5.97 Å². The summed E-state index contributed by atoms with van der Waals surface area (Å²) in [7, 11) is 0. The maximum Gasteiger partial charge on any atom is 0.305 e. The van der Waals surface area contributed by atoms with E-state index < -0.39 is 24.9 Å². The number of carbonyl (C=O) groups excluding carboxylic acids is 1. The van der Waals surface area contributed by atoms with Crippen molar-refractivity contribution in [3.63, 3.8) is 0 Å². The van der Waals surface area contributed by atoms with Crippen LogP contribution in [-0.2, 0) is 19.0 Å². The lowest BCUT2D eigenvalue weighted by Gasteiger charge is -2.15. The molecule has 3 atom stereocenters. The summed E-state index contributed by atoms with van der Waals surface area (Å²) in [5.41, 5.74) is 0. The molecule has 8 nitrogen and oxygen atoms in total. The van der Waals surface area contributed by atoms with E-state index in [1.54, 1.807) is 0 Å². The molecule has 0 aromatic heterocycles. The predicted octanol–water partition coefficient (Wildman–Crippen LogP) is 3.68. The molecule has 8 heteroatoms. The Kier molecular flexibility index (Phi) is 25.3. The minimum atomic E-state index is -0.980. The van der Waals surface area contributed by atoms with E-state index in [9.17, 15) is 15.0 Å². The highest BCUT2D eigenvalue weighted by Crippen LogP contribution is 2.10. The maximum absolute atomic E-state index is 11.8. The van der Waals surface area contributed by atoms with Gasteiger partial charge in [-0.1, -0.05) is 70.4 Å². The van der Waals surface area contributed by atoms with Crippen molar-refractivity contribution in [2.24, 2.45) is 0 Å². The first-order chi connectivity index (χ1) is 17.0. The van der Waals surface area contributed by atoms with Crippen LogP contribution in [0.15, 0.2) is 12.2 Å². The summed E-state index contributed by atoms with van der Waals surface area (Å²) in [6, 6.07) is 0. The Morgan fingerprint density at radius 2 is 1.11 bits per heavy atom. The van der Waals surface area contributed by atoms with Gasteiger partial charge in [0, 0.05) is 6.42 Å². The van der Waals surface area contributed by atoms with Crippen LogP contribution in [-0.4, -0.2) is 84.3 Å². The van der Waals surface area contributed by atoms with Gasteiger partial charge in [0.1, 0.15) is 24.9 Å². The highest BCUT2D eigenvalue weighted by molar-refractivity contribution is 5.69. The van der Waals surface area contributed by atoms with E-state index in [0.717, 1.165) is 32.1 Å². The van der Waals surface area contributed by atoms with Gasteiger partial charge in [-0.25, -0.2) is 0 Å². The van der Waals surface area contributed by atoms with Crippen LogP contribution < -0.4 is 0 Å². The molecule has 35 heavy (non-hydrogen) atoms. The second-order valence-electron chi connectivity index (χ2n) is 9.24. The largest absolute Gasteiger partial charge is 0.463 e. The lowest BCUT2D eigenvalue weighted by atomic mass is 10.1. The average molecular weight is 505 g/mol. The first-order valence-corrected chi connectivity index (χ1v) is 13.6. The third kappa shape index (κ3) is 25.9. The summed E-state index contributed by atoms with van der Waals surface area (Å²) in [4.78, 5) is 11.8. The molecular weight excluding hydrogens is 452 g/mol. The van der Waals surface area contributed by atoms with E-state index >= 15 is 0 Å². The van der Waals surface area contributed by atoms with Gasteiger partial charge in [-0.15, -0.1) is 0 Å². The third-order valence-electron chi connectivity index (χ3n) is 5.53. The monoisotopic (exact) mass is 504 g/mol. The SMILES string of the molecule is CCCCCCCCC/C=C\CCCCCCC(=O)OCC(O)COCC(O)COCC(O)CO. The van der Waals surface area contributed by atoms with Crippen LogP contribution in [0.3, 0.4) is 0 Å². The first-order valence-electron chi connectivity index (χ1n) is 13.6. The highest BCUT2D eigenvalue weighted by atomic mass is 16.6. The van der Waals surface area contributed by atoms with Gasteiger partial charge in [-0.2, -0.15) is 0 Å². The van der Waals surface area contributed by atoms with Crippen LogP contribution in [0, 0.1) is 0 Å². The van der Waals surface area contributed by atoms with Crippen molar-refractivity contribution < 1.29 is 39.4 Å². The van der Waals surface area contributed by atoms with Gasteiger partial charge in [0.25, 0.3) is 0 Å². The predicted molar refractivity (Wildman–Crippen MR) is 137 cm³/mol. The van der Waals surface area contributed by atoms with E-state index in [-0.39, 0.29) is 39.0 Å². The smallest absolute Gasteiger partial charge is 0.305 e. The second-order valence-corrected chi connectivity index (χ2v) is 9.24. The molecule has 0 aromatic rings. The molecule has 0 aromatic carbocycles. The Bertz CT molecular complexity index is 486. The van der Waals surface area contributed by atoms with E-state index in [4.69, 9.17) is 24.4 Å². The zero-order valence-electron chi connectivity index (χ0n) is 22.0. The van der Waals surface area contributed by atoms with Gasteiger partial charge in [0.05, 0.1) is 33.0 Å². The Labute approximate surface area is 212 Å². The number of allylic oxidation sites excluding steroid dienone is 2. The average Bonchev–Trinajstić information content (AvgIpc) is 2.85. The molecule has 208 valence electrons. The van der Waals surface area contributed by atoms with E-state index in [2.05, 4.69) is 19.1 Å². The zero-order chi connectivity index (χ0) is 26.0. The van der Waals surface area contributed by atoms with Crippen LogP contribution in [0.5, 0.6) is 0 Å². The number of hydrogen-bond acceptors (Lipinski definition) is 8. The molecule has 0 heterocycles. The van der Waals surface area contributed by atoms with Crippen molar-refractivity contribution in [1.29, 1.82) is 0 Å². The Balaban J connectivity index is 3.46. The Hall–Kier alpha value is -1.03. The molecule has 0 aliphatic heterocycles. The number of esters is 1. The number of hydrogen-bond donors (Lipinski definition) is 4. The van der Waals surface area contributed by atoms with Crippen LogP contribution in [0.4, 0.5) is 0 Å². The number of unbranched alkanes of at least 4 members (excludes halogenated alkanes) is 11. The van der Waals surface area contributed by atoms with Gasteiger partial charge < -0.3 is 34.6 Å². The molecule has 0 spiro atoms. The summed E-state index contributed by atoms with van der Waals surface area (Å²) in [5, 5.41) is 37.3. The molecule has 0 bridgehead atoms. The molecule has 0 aliphatic rings. The third-order valence-corrected chi connectivity index (χ3v) is 5.53. The Morgan fingerprint density at radius 1 is 0.657 bits per heavy atom. The fraction of sp³-hybridized carbons (Fsp3) is 0.889. The summed E-state index contributed by atoms with van der Waals surface area (Å²) >= 11 is 0. The minimum Gasteiger partial charge on any atom is -0.463 e. The summed E-state index contributed by atoms with van der Waals surface area (Å²) < 4.78 is 15.3. The minimum absolute atomic E-state index is 0.0579. The molecular formula is C27H52O8. The fourth-order valence-electron chi connectivity index (χ4n) is 3.43. The molecule has 0 saturated carbocycles. The van der Waals surface area contributed by atoms with Gasteiger partial charge in [-0.05, 0) is 32.1 Å². The van der Waals surface area contributed by atoms with E-state index in [1.165, 1.54) is 51.4 Å². The van der Waals surface area contributed by atoms with Gasteiger partial charge in [-0.3, -0.25) is 4.79 Å². The summed E-state index contributed by atoms with van der Waals surface area (Å²) in [6.07, 6.45) is 17.8. The standard InChI is InChI=1S/C27H52O8/c1-2-3-4-5-6-7-8-9-10-11-12-13-14-15-16-17-27(32)35-23-26(31)22-34-21-25(30)20-33-19-24(29)18-28/h10-11,24-26,28-31H,2-9,12-23H2,1H3/b11-10-. The molecule has 0 radical (unpaired) electrons. The van der Waals surface area contributed by atoms with Crippen molar-refractivity contribution >= 4 is 5.97 Å². The first kappa shape index (κ1) is 34.0. The molecule has 0 amide bonds. The zero-order valence-corrected chi connectivity index (χ0v) is 22.0. The van der Waals surface area contributed by atoms with Crippen molar-refractivity contribution in [2.75, 3.05) is 39.6 Å². The van der Waals surface area contributed by atoms with Crippen molar-refractivity contribution in [1.82, 2.24) is 0 Å². The number of rotatable bonds is 26. The number of aliphatic hydroxyl groups is 4. The highest BCUT2D eigenvalue weighted by Gasteiger charge is 2.12. The molecule has 3 unspecified atom stereocenters. The van der Waals surface area contributed by atoms with E-state index in [1.807, 2.05) is 0 Å². The lowest BCUT2D eigenvalue weighted by molar-refractivity contribution is -0.148. The quantitative estimate of drug-likeness (QED) is 0.0799. The summed E-state index contributed by atoms with van der Waals surface area (Å²) in [6.45, 7) is 1.43. The Morgan fingerprint density at radius 3 is 1.66 bits per heavy atom. The topological polar surface area (TPSA) is 126 Å². The van der Waals surface area contributed by atoms with Gasteiger partial charge in [0.2, 0.25) is 0 Å². The fourth-order valence-corrected chi connectivity index (χ4v) is 3.43. The number of aliphatic hydroxyl groups excluding tert-OH is 4. The van der Waals surface area contributed by atoms with Crippen LogP contribution >= 0.6 is 0 Å². The normalized spacial score (nSPS) is 14.3. The van der Waals surface area contributed by atoms with Gasteiger partial charge in [0.15, 0.2) is 0 Å². The van der Waals surface area contributed by atoms with Crippen molar-refractivity contribution in [2.45, 2.75) is 115 Å². The molecule has 0 saturated heterocycles. The van der Waals surface area contributed by atoms with Crippen LogP contribution in [0.1, 0.15) is 96.8 Å². The molecule has 0 aliphatic carbocycles. The van der Waals surface area contributed by atoms with Crippen LogP contribution in [0.25, 0.3) is 0 Å². The second kappa shape index (κ2) is 26.0. The summed E-state index contributed by atoms with van der Waals surface area (Å²) in [5.74, 6) is -0.325. The number of ether oxygens (including phenoxy) is 3. The van der Waals surface area contributed by atoms with Crippen molar-refractivity contribution in [3.05, 3.63) is 12.2 Å².